The highest BCUT2D eigenvalue weighted by molar-refractivity contribution is 5.97. The maximum atomic E-state index is 13.0. The van der Waals surface area contributed by atoms with Crippen LogP contribution in [0.3, 0.4) is 0 Å². The molecule has 9 heteroatoms. The highest BCUT2D eigenvalue weighted by Crippen LogP contribution is 2.23. The second-order valence-corrected chi connectivity index (χ2v) is 9.06. The van der Waals surface area contributed by atoms with Gasteiger partial charge in [0, 0.05) is 51.4 Å². The lowest BCUT2D eigenvalue weighted by molar-refractivity contribution is -0.122. The van der Waals surface area contributed by atoms with E-state index in [9.17, 15) is 14.4 Å². The summed E-state index contributed by atoms with van der Waals surface area (Å²) in [7, 11) is 3.44. The number of rotatable bonds is 6. The minimum Gasteiger partial charge on any atom is -0.356 e. The molecule has 0 saturated carbocycles. The highest BCUT2D eigenvalue weighted by Gasteiger charge is 2.25. The van der Waals surface area contributed by atoms with Crippen LogP contribution in [-0.2, 0) is 25.3 Å². The van der Waals surface area contributed by atoms with Crippen LogP contribution in [0.15, 0.2) is 23.0 Å². The number of nitrogens with zero attached hydrogens (tertiary/aromatic N) is 4. The normalized spacial score (nSPS) is 14.7. The van der Waals surface area contributed by atoms with Crippen LogP contribution in [0, 0.1) is 19.8 Å². The molecule has 4 rings (SSSR count). The van der Waals surface area contributed by atoms with Gasteiger partial charge in [-0.2, -0.15) is 5.10 Å². The van der Waals surface area contributed by atoms with Crippen molar-refractivity contribution in [3.8, 4) is 0 Å². The fraction of sp³-hybridized carbons (Fsp3) is 0.500. The zero-order valence-electron chi connectivity index (χ0n) is 19.8. The van der Waals surface area contributed by atoms with E-state index >= 15 is 0 Å². The molecule has 176 valence electrons. The number of H-pyrrole nitrogens is 1. The second kappa shape index (κ2) is 9.25. The van der Waals surface area contributed by atoms with Crippen molar-refractivity contribution in [1.29, 1.82) is 0 Å². The van der Waals surface area contributed by atoms with Crippen molar-refractivity contribution in [2.75, 3.05) is 19.6 Å². The monoisotopic (exact) mass is 452 g/mol. The third-order valence-corrected chi connectivity index (χ3v) is 6.87. The molecule has 33 heavy (non-hydrogen) atoms. The van der Waals surface area contributed by atoms with E-state index < -0.39 is 0 Å². The summed E-state index contributed by atoms with van der Waals surface area (Å²) in [4.78, 5) is 39.4. The Morgan fingerprint density at radius 1 is 1.12 bits per heavy atom. The number of imidazole rings is 1. The van der Waals surface area contributed by atoms with Gasteiger partial charge in [-0.15, -0.1) is 0 Å². The summed E-state index contributed by atoms with van der Waals surface area (Å²) in [5, 5.41) is 10.2. The third kappa shape index (κ3) is 4.58. The molecule has 9 nitrogen and oxygen atoms in total. The van der Waals surface area contributed by atoms with E-state index in [4.69, 9.17) is 0 Å². The highest BCUT2D eigenvalue weighted by atomic mass is 16.2. The van der Waals surface area contributed by atoms with Gasteiger partial charge < -0.3 is 10.2 Å². The lowest BCUT2D eigenvalue weighted by atomic mass is 9.92. The predicted octanol–water partition coefficient (Wildman–Crippen LogP) is 1.82. The molecule has 1 aromatic carbocycles. The van der Waals surface area contributed by atoms with E-state index in [-0.39, 0.29) is 23.4 Å². The Hall–Kier alpha value is -3.36. The molecular formula is C24H32N6O3. The molecule has 1 fully saturated rings. The number of amides is 2. The minimum absolute atomic E-state index is 0.0260. The summed E-state index contributed by atoms with van der Waals surface area (Å²) in [5.41, 5.74) is 5.23. The number of hydrogen-bond donors (Lipinski definition) is 2. The Morgan fingerprint density at radius 3 is 2.48 bits per heavy atom. The standard InChI is InChI=1S/C24H32N6O3/c1-15-19(16(2)27-26-15)7-10-25-22(31)13-17-8-11-30(12-9-17)23(32)18-5-6-20-21(14-18)29(4)24(33)28(20)3/h5-6,14,17H,7-13H2,1-4H3,(H,25,31)(H,26,27). The van der Waals surface area contributed by atoms with Gasteiger partial charge in [-0.05, 0) is 62.8 Å². The van der Waals surface area contributed by atoms with Gasteiger partial charge in [-0.3, -0.25) is 23.8 Å². The Bertz CT molecular complexity index is 1220. The van der Waals surface area contributed by atoms with Crippen LogP contribution in [0.4, 0.5) is 0 Å². The lowest BCUT2D eigenvalue weighted by Crippen LogP contribution is -2.39. The number of carbonyl (C=O) groups is 2. The van der Waals surface area contributed by atoms with Crippen LogP contribution in [0.1, 0.15) is 46.6 Å². The summed E-state index contributed by atoms with van der Waals surface area (Å²) in [6, 6.07) is 5.41. The molecule has 3 aromatic rings. The molecule has 0 spiro atoms. The van der Waals surface area contributed by atoms with Gasteiger partial charge in [0.05, 0.1) is 16.7 Å². The Morgan fingerprint density at radius 2 is 1.82 bits per heavy atom. The SMILES string of the molecule is Cc1n[nH]c(C)c1CCNC(=O)CC1CCN(C(=O)c2ccc3c(c2)n(C)c(=O)n3C)CC1. The van der Waals surface area contributed by atoms with Gasteiger partial charge in [0.2, 0.25) is 5.91 Å². The topological polar surface area (TPSA) is 105 Å². The maximum absolute atomic E-state index is 13.0. The number of aromatic nitrogens is 4. The molecule has 2 aromatic heterocycles. The minimum atomic E-state index is -0.108. The van der Waals surface area contributed by atoms with Crippen molar-refractivity contribution < 1.29 is 9.59 Å². The number of carbonyl (C=O) groups excluding carboxylic acids is 2. The van der Waals surface area contributed by atoms with Crippen LogP contribution in [0.5, 0.6) is 0 Å². The fourth-order valence-electron chi connectivity index (χ4n) is 4.77. The molecule has 3 heterocycles. The van der Waals surface area contributed by atoms with Gasteiger partial charge in [-0.1, -0.05) is 0 Å². The van der Waals surface area contributed by atoms with Crippen LogP contribution in [0.25, 0.3) is 11.0 Å². The van der Waals surface area contributed by atoms with E-state index in [2.05, 4.69) is 15.5 Å². The average molecular weight is 453 g/mol. The smallest absolute Gasteiger partial charge is 0.328 e. The number of hydrogen-bond acceptors (Lipinski definition) is 4. The van der Waals surface area contributed by atoms with E-state index in [1.165, 1.54) is 0 Å². The van der Waals surface area contributed by atoms with Gasteiger partial charge in [0.1, 0.15) is 0 Å². The van der Waals surface area contributed by atoms with Crippen molar-refractivity contribution in [3.63, 3.8) is 0 Å². The second-order valence-electron chi connectivity index (χ2n) is 9.06. The first-order valence-electron chi connectivity index (χ1n) is 11.5. The van der Waals surface area contributed by atoms with Crippen molar-refractivity contribution in [2.45, 2.75) is 39.5 Å². The fourth-order valence-corrected chi connectivity index (χ4v) is 4.77. The molecule has 0 atom stereocenters. The number of benzene rings is 1. The Balaban J connectivity index is 1.27. The molecule has 0 aliphatic carbocycles. The molecule has 1 aliphatic heterocycles. The van der Waals surface area contributed by atoms with Crippen molar-refractivity contribution >= 4 is 22.8 Å². The zero-order valence-corrected chi connectivity index (χ0v) is 19.8. The summed E-state index contributed by atoms with van der Waals surface area (Å²) in [6.07, 6.45) is 2.88. The molecule has 0 unspecified atom stereocenters. The summed E-state index contributed by atoms with van der Waals surface area (Å²) in [6.45, 7) is 5.83. The first-order chi connectivity index (χ1) is 15.8. The number of nitrogens with one attached hydrogen (secondary N) is 2. The number of fused-ring (bicyclic) bond motifs is 1. The van der Waals surface area contributed by atoms with Gasteiger partial charge in [0.25, 0.3) is 5.91 Å². The Labute approximate surface area is 192 Å². The lowest BCUT2D eigenvalue weighted by Gasteiger charge is -2.32. The van der Waals surface area contributed by atoms with E-state index in [0.717, 1.165) is 47.2 Å². The van der Waals surface area contributed by atoms with E-state index in [1.807, 2.05) is 24.8 Å². The summed E-state index contributed by atoms with van der Waals surface area (Å²) >= 11 is 0. The number of likely N-dealkylation sites (tertiary alicyclic amines) is 1. The van der Waals surface area contributed by atoms with E-state index in [0.29, 0.717) is 31.6 Å². The first kappa shape index (κ1) is 22.8. The van der Waals surface area contributed by atoms with E-state index in [1.54, 1.807) is 35.4 Å². The van der Waals surface area contributed by atoms with Crippen LogP contribution >= 0.6 is 0 Å². The summed E-state index contributed by atoms with van der Waals surface area (Å²) in [5.74, 6) is 0.319. The number of aromatic amines is 1. The maximum Gasteiger partial charge on any atom is 0.328 e. The zero-order chi connectivity index (χ0) is 23.7. The molecule has 1 aliphatic rings. The van der Waals surface area contributed by atoms with Gasteiger partial charge in [0.15, 0.2) is 0 Å². The molecule has 0 bridgehead atoms. The van der Waals surface area contributed by atoms with Crippen molar-refractivity contribution in [2.24, 2.45) is 20.0 Å². The first-order valence-corrected chi connectivity index (χ1v) is 11.5. The number of aryl methyl sites for hydroxylation is 4. The third-order valence-electron chi connectivity index (χ3n) is 6.87. The van der Waals surface area contributed by atoms with Gasteiger partial charge in [-0.25, -0.2) is 4.79 Å². The molecule has 2 amide bonds. The molecule has 0 radical (unpaired) electrons. The molecule has 2 N–H and O–H groups in total. The van der Waals surface area contributed by atoms with Crippen molar-refractivity contribution in [3.05, 3.63) is 51.2 Å². The van der Waals surface area contributed by atoms with Crippen molar-refractivity contribution in [1.82, 2.24) is 29.5 Å². The number of piperidine rings is 1. The Kier molecular flexibility index (Phi) is 6.40. The predicted molar refractivity (Wildman–Crippen MR) is 126 cm³/mol. The van der Waals surface area contributed by atoms with Crippen LogP contribution in [-0.4, -0.2) is 55.7 Å². The average Bonchev–Trinajstić information content (AvgIpc) is 3.24. The molecular weight excluding hydrogens is 420 g/mol. The largest absolute Gasteiger partial charge is 0.356 e. The van der Waals surface area contributed by atoms with Crippen LogP contribution in [0.2, 0.25) is 0 Å². The molecule has 1 saturated heterocycles. The summed E-state index contributed by atoms with van der Waals surface area (Å²) < 4.78 is 3.14. The van der Waals surface area contributed by atoms with Gasteiger partial charge >= 0.3 is 5.69 Å². The van der Waals surface area contributed by atoms with Crippen LogP contribution < -0.4 is 11.0 Å². The quantitative estimate of drug-likeness (QED) is 0.595.